The third-order valence-corrected chi connectivity index (χ3v) is 3.99. The molecular weight excluding hydrogens is 292 g/mol. The van der Waals surface area contributed by atoms with Crippen molar-refractivity contribution in [2.75, 3.05) is 13.1 Å². The predicted octanol–water partition coefficient (Wildman–Crippen LogP) is 3.21. The van der Waals surface area contributed by atoms with Crippen LogP contribution in [0.4, 0.5) is 4.79 Å². The normalized spacial score (nSPS) is 18.6. The first kappa shape index (κ1) is 17.3. The molecule has 126 valence electrons. The van der Waals surface area contributed by atoms with E-state index in [0.717, 1.165) is 24.0 Å². The molecule has 1 unspecified atom stereocenters. The average molecular weight is 318 g/mol. The number of aryl methyl sites for hydroxylation is 1. The topological polar surface area (TPSA) is 72.6 Å². The second-order valence-corrected chi connectivity index (χ2v) is 7.22. The van der Waals surface area contributed by atoms with Gasteiger partial charge in [0.15, 0.2) is 0 Å². The summed E-state index contributed by atoms with van der Waals surface area (Å²) in [5.41, 5.74) is 7.56. The first-order valence-corrected chi connectivity index (χ1v) is 8.05. The molecule has 2 amide bonds. The van der Waals surface area contributed by atoms with Gasteiger partial charge in [-0.05, 0) is 52.2 Å². The summed E-state index contributed by atoms with van der Waals surface area (Å²) in [6, 6.07) is 5.67. The highest BCUT2D eigenvalue weighted by Gasteiger charge is 2.29. The van der Waals surface area contributed by atoms with E-state index in [1.807, 2.05) is 39.8 Å². The van der Waals surface area contributed by atoms with E-state index in [-0.39, 0.29) is 12.0 Å². The lowest BCUT2D eigenvalue weighted by molar-refractivity contribution is 0.0198. The maximum atomic E-state index is 12.3. The van der Waals surface area contributed by atoms with Crippen LogP contribution in [0.3, 0.4) is 0 Å². The van der Waals surface area contributed by atoms with Gasteiger partial charge in [0.2, 0.25) is 5.91 Å². The van der Waals surface area contributed by atoms with Crippen LogP contribution in [0, 0.1) is 6.92 Å². The Hall–Kier alpha value is -2.04. The summed E-state index contributed by atoms with van der Waals surface area (Å²) < 4.78 is 5.46. The molecule has 0 bridgehead atoms. The number of hydrogen-bond donors (Lipinski definition) is 1. The third kappa shape index (κ3) is 4.47. The van der Waals surface area contributed by atoms with Crippen molar-refractivity contribution >= 4 is 12.0 Å². The van der Waals surface area contributed by atoms with E-state index in [1.54, 1.807) is 11.0 Å². The quantitative estimate of drug-likeness (QED) is 0.910. The van der Waals surface area contributed by atoms with Crippen molar-refractivity contribution in [2.24, 2.45) is 5.73 Å². The van der Waals surface area contributed by atoms with Crippen molar-refractivity contribution in [3.05, 3.63) is 34.9 Å². The van der Waals surface area contributed by atoms with Crippen molar-refractivity contribution in [3.8, 4) is 0 Å². The molecule has 1 aromatic rings. The molecule has 0 spiro atoms. The largest absolute Gasteiger partial charge is 0.444 e. The molecule has 0 radical (unpaired) electrons. The van der Waals surface area contributed by atoms with Crippen LogP contribution < -0.4 is 5.73 Å². The Bertz CT molecular complexity index is 605. The van der Waals surface area contributed by atoms with Crippen molar-refractivity contribution < 1.29 is 14.3 Å². The van der Waals surface area contributed by atoms with Gasteiger partial charge >= 0.3 is 6.09 Å². The summed E-state index contributed by atoms with van der Waals surface area (Å²) in [6.07, 6.45) is 1.52. The van der Waals surface area contributed by atoms with Crippen LogP contribution in [0.15, 0.2) is 18.2 Å². The number of primary amides is 1. The maximum Gasteiger partial charge on any atom is 0.410 e. The van der Waals surface area contributed by atoms with E-state index in [9.17, 15) is 9.59 Å². The number of benzene rings is 1. The molecule has 2 N–H and O–H groups in total. The number of ether oxygens (including phenoxy) is 1. The summed E-state index contributed by atoms with van der Waals surface area (Å²) in [4.78, 5) is 25.7. The van der Waals surface area contributed by atoms with Gasteiger partial charge in [0.25, 0.3) is 0 Å². The highest BCUT2D eigenvalue weighted by molar-refractivity contribution is 5.94. The Labute approximate surface area is 137 Å². The molecule has 1 saturated heterocycles. The zero-order valence-electron chi connectivity index (χ0n) is 14.4. The van der Waals surface area contributed by atoms with Gasteiger partial charge in [0, 0.05) is 24.6 Å². The van der Waals surface area contributed by atoms with Crippen molar-refractivity contribution in [2.45, 2.75) is 52.1 Å². The first-order chi connectivity index (χ1) is 10.7. The van der Waals surface area contributed by atoms with E-state index >= 15 is 0 Å². The number of piperidine rings is 1. The Balaban J connectivity index is 2.20. The van der Waals surface area contributed by atoms with Gasteiger partial charge in [0.1, 0.15) is 5.60 Å². The zero-order chi connectivity index (χ0) is 17.2. The smallest absolute Gasteiger partial charge is 0.410 e. The minimum absolute atomic E-state index is 0.110. The van der Waals surface area contributed by atoms with Gasteiger partial charge in [-0.2, -0.15) is 0 Å². The fraction of sp³-hybridized carbons (Fsp3) is 0.556. The van der Waals surface area contributed by atoms with Crippen LogP contribution in [0.2, 0.25) is 0 Å². The van der Waals surface area contributed by atoms with Crippen molar-refractivity contribution in [1.29, 1.82) is 0 Å². The highest BCUT2D eigenvalue weighted by atomic mass is 16.6. The number of nitrogens with two attached hydrogens (primary N) is 1. The van der Waals surface area contributed by atoms with E-state index in [0.29, 0.717) is 18.7 Å². The van der Waals surface area contributed by atoms with E-state index in [1.165, 1.54) is 0 Å². The lowest BCUT2D eigenvalue weighted by Gasteiger charge is -2.34. The van der Waals surface area contributed by atoms with Crippen LogP contribution in [0.5, 0.6) is 0 Å². The standard InChI is InChI=1S/C18H26N2O3/c1-12-7-8-14(16(19)21)15(10-12)13-6-5-9-20(11-13)17(22)23-18(2,3)4/h7-8,10,13H,5-6,9,11H2,1-4H3,(H2,19,21). The monoisotopic (exact) mass is 318 g/mol. The molecule has 23 heavy (non-hydrogen) atoms. The summed E-state index contributed by atoms with van der Waals surface area (Å²) >= 11 is 0. The lowest BCUT2D eigenvalue weighted by Crippen LogP contribution is -2.42. The fourth-order valence-corrected chi connectivity index (χ4v) is 2.97. The Morgan fingerprint density at radius 2 is 2.00 bits per heavy atom. The van der Waals surface area contributed by atoms with Gasteiger partial charge in [0.05, 0.1) is 0 Å². The minimum atomic E-state index is -0.508. The Kier molecular flexibility index (Phi) is 4.97. The fourth-order valence-electron chi connectivity index (χ4n) is 2.97. The van der Waals surface area contributed by atoms with Gasteiger partial charge in [-0.3, -0.25) is 4.79 Å². The van der Waals surface area contributed by atoms with Crippen molar-refractivity contribution in [1.82, 2.24) is 4.90 Å². The summed E-state index contributed by atoms with van der Waals surface area (Å²) in [5, 5.41) is 0. The van der Waals surface area contributed by atoms with Crippen LogP contribution in [0.25, 0.3) is 0 Å². The predicted molar refractivity (Wildman–Crippen MR) is 89.5 cm³/mol. The number of likely N-dealkylation sites (tertiary alicyclic amines) is 1. The number of rotatable bonds is 2. The molecule has 1 fully saturated rings. The van der Waals surface area contributed by atoms with Gasteiger partial charge in [-0.15, -0.1) is 0 Å². The molecule has 1 aliphatic heterocycles. The van der Waals surface area contributed by atoms with Gasteiger partial charge < -0.3 is 15.4 Å². The molecule has 5 heteroatoms. The van der Waals surface area contributed by atoms with E-state index in [2.05, 4.69) is 0 Å². The summed E-state index contributed by atoms with van der Waals surface area (Å²) in [7, 11) is 0. The Morgan fingerprint density at radius 1 is 1.30 bits per heavy atom. The molecule has 0 saturated carbocycles. The first-order valence-electron chi connectivity index (χ1n) is 8.05. The second kappa shape index (κ2) is 6.60. The Morgan fingerprint density at radius 3 is 2.61 bits per heavy atom. The number of carbonyl (C=O) groups excluding carboxylic acids is 2. The molecule has 1 aromatic carbocycles. The molecule has 0 aromatic heterocycles. The average Bonchev–Trinajstić information content (AvgIpc) is 2.45. The zero-order valence-corrected chi connectivity index (χ0v) is 14.4. The third-order valence-electron chi connectivity index (χ3n) is 3.99. The SMILES string of the molecule is Cc1ccc(C(N)=O)c(C2CCCN(C(=O)OC(C)(C)C)C2)c1. The molecule has 1 aliphatic rings. The lowest BCUT2D eigenvalue weighted by atomic mass is 9.86. The molecular formula is C18H26N2O3. The minimum Gasteiger partial charge on any atom is -0.444 e. The highest BCUT2D eigenvalue weighted by Crippen LogP contribution is 2.30. The molecule has 1 atom stereocenters. The molecule has 5 nitrogen and oxygen atoms in total. The van der Waals surface area contributed by atoms with Crippen LogP contribution in [-0.2, 0) is 4.74 Å². The molecule has 0 aliphatic carbocycles. The second-order valence-electron chi connectivity index (χ2n) is 7.22. The van der Waals surface area contributed by atoms with Crippen LogP contribution in [0.1, 0.15) is 61.0 Å². The number of nitrogens with zero attached hydrogens (tertiary/aromatic N) is 1. The molecule has 2 rings (SSSR count). The van der Waals surface area contributed by atoms with Crippen LogP contribution in [-0.4, -0.2) is 35.6 Å². The van der Waals surface area contributed by atoms with Crippen molar-refractivity contribution in [3.63, 3.8) is 0 Å². The number of amides is 2. The van der Waals surface area contributed by atoms with Crippen LogP contribution >= 0.6 is 0 Å². The van der Waals surface area contributed by atoms with E-state index in [4.69, 9.17) is 10.5 Å². The summed E-state index contributed by atoms with van der Waals surface area (Å²) in [6.45, 7) is 8.80. The van der Waals surface area contributed by atoms with Gasteiger partial charge in [-0.25, -0.2) is 4.79 Å². The van der Waals surface area contributed by atoms with Gasteiger partial charge in [-0.1, -0.05) is 17.7 Å². The summed E-state index contributed by atoms with van der Waals surface area (Å²) in [5.74, 6) is -0.312. The number of hydrogen-bond acceptors (Lipinski definition) is 3. The maximum absolute atomic E-state index is 12.3. The molecule has 1 heterocycles. The number of carbonyl (C=O) groups is 2. The van der Waals surface area contributed by atoms with E-state index < -0.39 is 11.5 Å².